The maximum atomic E-state index is 13.2. The standard InChI is InChI=1S/C31H46O7/c1-10-13-19(2)14-11-12-15-23(34-6)22(5)30(37-9)20(3)16-17-24-21(4)28(32)27-25(35-7)18-26(36-8)29(33)31(27)38-24/h11-12,14-15,18-20,22-23,30,33H,10,13,16-17H2,1-9H3. The summed E-state index contributed by atoms with van der Waals surface area (Å²) in [6.07, 6.45) is 11.8. The van der Waals surface area contributed by atoms with Crippen LogP contribution in [0.5, 0.6) is 17.2 Å². The molecule has 0 radical (unpaired) electrons. The summed E-state index contributed by atoms with van der Waals surface area (Å²) in [5.41, 5.74) is 0.338. The first-order valence-corrected chi connectivity index (χ1v) is 13.5. The largest absolute Gasteiger partial charge is 0.502 e. The molecule has 2 aromatic rings. The zero-order valence-corrected chi connectivity index (χ0v) is 24.5. The van der Waals surface area contributed by atoms with Crippen molar-refractivity contribution in [1.29, 1.82) is 0 Å². The van der Waals surface area contributed by atoms with Gasteiger partial charge in [-0.3, -0.25) is 4.79 Å². The van der Waals surface area contributed by atoms with Crippen LogP contribution in [0.2, 0.25) is 0 Å². The Bertz CT molecular complexity index is 1150. The molecule has 5 atom stereocenters. The van der Waals surface area contributed by atoms with Crippen LogP contribution in [0.25, 0.3) is 11.0 Å². The predicted molar refractivity (Wildman–Crippen MR) is 153 cm³/mol. The number of ether oxygens (including phenoxy) is 4. The van der Waals surface area contributed by atoms with Crippen LogP contribution in [0, 0.1) is 24.7 Å². The van der Waals surface area contributed by atoms with Gasteiger partial charge < -0.3 is 28.5 Å². The maximum absolute atomic E-state index is 13.2. The minimum absolute atomic E-state index is 0.0713. The third kappa shape index (κ3) is 7.41. The van der Waals surface area contributed by atoms with Crippen molar-refractivity contribution in [3.05, 3.63) is 51.9 Å². The van der Waals surface area contributed by atoms with Crippen molar-refractivity contribution >= 4 is 11.0 Å². The zero-order chi connectivity index (χ0) is 28.4. The average molecular weight is 531 g/mol. The molecule has 7 heteroatoms. The first-order valence-electron chi connectivity index (χ1n) is 13.5. The van der Waals surface area contributed by atoms with E-state index in [4.69, 9.17) is 23.4 Å². The van der Waals surface area contributed by atoms with Crippen molar-refractivity contribution in [2.45, 2.75) is 72.5 Å². The first-order chi connectivity index (χ1) is 18.1. The molecular formula is C31H46O7. The molecule has 1 heterocycles. The topological polar surface area (TPSA) is 87.4 Å². The Morgan fingerprint density at radius 2 is 1.63 bits per heavy atom. The number of phenolic OH excluding ortho intramolecular Hbond substituents is 1. The van der Waals surface area contributed by atoms with Crippen molar-refractivity contribution in [3.63, 3.8) is 0 Å². The number of hydrogen-bond acceptors (Lipinski definition) is 7. The summed E-state index contributed by atoms with van der Waals surface area (Å²) in [4.78, 5) is 13.2. The van der Waals surface area contributed by atoms with Crippen molar-refractivity contribution in [2.24, 2.45) is 17.8 Å². The summed E-state index contributed by atoms with van der Waals surface area (Å²) in [5, 5.41) is 10.9. The van der Waals surface area contributed by atoms with Gasteiger partial charge in [0.2, 0.25) is 5.75 Å². The van der Waals surface area contributed by atoms with Gasteiger partial charge in [-0.2, -0.15) is 0 Å². The number of rotatable bonds is 15. The van der Waals surface area contributed by atoms with E-state index in [1.807, 2.05) is 0 Å². The van der Waals surface area contributed by atoms with E-state index in [0.29, 0.717) is 35.8 Å². The molecule has 38 heavy (non-hydrogen) atoms. The van der Waals surface area contributed by atoms with E-state index in [1.54, 1.807) is 21.1 Å². The molecule has 0 saturated carbocycles. The molecule has 0 saturated heterocycles. The molecule has 0 aliphatic rings. The summed E-state index contributed by atoms with van der Waals surface area (Å²) in [5.74, 6) is 1.59. The number of aromatic hydroxyl groups is 1. The Hall–Kier alpha value is -2.77. The van der Waals surface area contributed by atoms with Crippen LogP contribution in [0.1, 0.15) is 58.3 Å². The number of aryl methyl sites for hydroxylation is 1. The van der Waals surface area contributed by atoms with E-state index in [1.165, 1.54) is 33.1 Å². The Balaban J connectivity index is 2.23. The van der Waals surface area contributed by atoms with Crippen molar-refractivity contribution in [1.82, 2.24) is 0 Å². The van der Waals surface area contributed by atoms with Crippen LogP contribution >= 0.6 is 0 Å². The van der Waals surface area contributed by atoms with Gasteiger partial charge in [0.1, 0.15) is 16.9 Å². The third-order valence-corrected chi connectivity index (χ3v) is 7.40. The quantitative estimate of drug-likeness (QED) is 0.259. The smallest absolute Gasteiger partial charge is 0.202 e. The number of benzene rings is 1. The lowest BCUT2D eigenvalue weighted by Crippen LogP contribution is -2.36. The molecule has 0 spiro atoms. The van der Waals surface area contributed by atoms with Crippen molar-refractivity contribution in [3.8, 4) is 17.2 Å². The Labute approximate surface area is 227 Å². The minimum atomic E-state index is -0.230. The molecule has 1 aromatic heterocycles. The van der Waals surface area contributed by atoms with Crippen molar-refractivity contribution in [2.75, 3.05) is 28.4 Å². The molecule has 0 aliphatic carbocycles. The lowest BCUT2D eigenvalue weighted by atomic mass is 9.85. The molecule has 2 rings (SSSR count). The number of hydrogen-bond donors (Lipinski definition) is 1. The van der Waals surface area contributed by atoms with Gasteiger partial charge >= 0.3 is 0 Å². The van der Waals surface area contributed by atoms with Gasteiger partial charge in [0.25, 0.3) is 0 Å². The van der Waals surface area contributed by atoms with E-state index in [0.717, 1.165) is 0 Å². The van der Waals surface area contributed by atoms with Crippen LogP contribution in [0.3, 0.4) is 0 Å². The number of methoxy groups -OCH3 is 4. The van der Waals surface area contributed by atoms with Crippen LogP contribution in [-0.4, -0.2) is 45.8 Å². The van der Waals surface area contributed by atoms with Gasteiger partial charge in [0, 0.05) is 38.2 Å². The van der Waals surface area contributed by atoms with Crippen LogP contribution in [0.15, 0.2) is 39.6 Å². The van der Waals surface area contributed by atoms with Crippen LogP contribution in [-0.2, 0) is 15.9 Å². The summed E-state index contributed by atoms with van der Waals surface area (Å²) < 4.78 is 28.4. The molecule has 1 N–H and O–H groups in total. The van der Waals surface area contributed by atoms with Crippen LogP contribution in [0.4, 0.5) is 0 Å². The van der Waals surface area contributed by atoms with Gasteiger partial charge in [0.05, 0.1) is 26.4 Å². The second-order valence-corrected chi connectivity index (χ2v) is 10.1. The average Bonchev–Trinajstić information content (AvgIpc) is 2.90. The highest BCUT2D eigenvalue weighted by molar-refractivity contribution is 5.91. The minimum Gasteiger partial charge on any atom is -0.502 e. The van der Waals surface area contributed by atoms with E-state index in [2.05, 4.69) is 52.0 Å². The van der Waals surface area contributed by atoms with Crippen molar-refractivity contribution < 1.29 is 28.5 Å². The number of allylic oxidation sites excluding steroid dienone is 3. The second-order valence-electron chi connectivity index (χ2n) is 10.1. The molecule has 5 unspecified atom stereocenters. The first kappa shape index (κ1) is 31.4. The normalized spacial score (nSPS) is 16.1. The lowest BCUT2D eigenvalue weighted by molar-refractivity contribution is -0.0343. The Morgan fingerprint density at radius 3 is 2.21 bits per heavy atom. The second kappa shape index (κ2) is 15.0. The molecule has 0 aliphatic heterocycles. The number of phenols is 1. The lowest BCUT2D eigenvalue weighted by Gasteiger charge is -2.32. The SMILES string of the molecule is CCCC(C)C=CC=CC(OC)C(C)C(OC)C(C)CCc1oc2c(O)c(OC)cc(OC)c2c(=O)c1C. The molecule has 0 amide bonds. The molecule has 0 bridgehead atoms. The zero-order valence-electron chi connectivity index (χ0n) is 24.5. The van der Waals surface area contributed by atoms with E-state index in [9.17, 15) is 9.90 Å². The summed E-state index contributed by atoms with van der Waals surface area (Å²) in [6.45, 7) is 10.4. The van der Waals surface area contributed by atoms with Gasteiger partial charge in [-0.1, -0.05) is 58.4 Å². The Morgan fingerprint density at radius 1 is 0.974 bits per heavy atom. The molecule has 212 valence electrons. The molecule has 1 aromatic carbocycles. The van der Waals surface area contributed by atoms with E-state index in [-0.39, 0.29) is 51.9 Å². The number of fused-ring (bicyclic) bond motifs is 1. The predicted octanol–water partition coefficient (Wildman–Crippen LogP) is 6.61. The monoisotopic (exact) mass is 530 g/mol. The molecular weight excluding hydrogens is 484 g/mol. The maximum Gasteiger partial charge on any atom is 0.202 e. The third-order valence-electron chi connectivity index (χ3n) is 7.40. The molecule has 7 nitrogen and oxygen atoms in total. The van der Waals surface area contributed by atoms with Gasteiger partial charge in [-0.05, 0) is 31.6 Å². The highest BCUT2D eigenvalue weighted by atomic mass is 16.5. The van der Waals surface area contributed by atoms with Crippen LogP contribution < -0.4 is 14.9 Å². The fraction of sp³-hybridized carbons (Fsp3) is 0.581. The molecule has 0 fully saturated rings. The summed E-state index contributed by atoms with van der Waals surface area (Å²) in [6, 6.07) is 1.49. The van der Waals surface area contributed by atoms with Gasteiger partial charge in [-0.25, -0.2) is 0 Å². The summed E-state index contributed by atoms with van der Waals surface area (Å²) in [7, 11) is 6.34. The van der Waals surface area contributed by atoms with E-state index >= 15 is 0 Å². The highest BCUT2D eigenvalue weighted by Crippen LogP contribution is 2.40. The van der Waals surface area contributed by atoms with E-state index < -0.39 is 0 Å². The fourth-order valence-electron chi connectivity index (χ4n) is 5.11. The highest BCUT2D eigenvalue weighted by Gasteiger charge is 2.29. The fourth-order valence-corrected chi connectivity index (χ4v) is 5.11. The Kier molecular flexibility index (Phi) is 12.4. The van der Waals surface area contributed by atoms with Gasteiger partial charge in [-0.15, -0.1) is 0 Å². The summed E-state index contributed by atoms with van der Waals surface area (Å²) >= 11 is 0. The van der Waals surface area contributed by atoms with Gasteiger partial charge in [0.15, 0.2) is 16.8 Å².